The minimum absolute atomic E-state index is 0.101. The molecular formula is C24H33N3O2S. The monoisotopic (exact) mass is 427 g/mol. The van der Waals surface area contributed by atoms with Crippen LogP contribution in [0.2, 0.25) is 0 Å². The number of hydrogen-bond donors (Lipinski definition) is 0. The van der Waals surface area contributed by atoms with Crippen molar-refractivity contribution in [2.45, 2.75) is 45.1 Å². The predicted octanol–water partition coefficient (Wildman–Crippen LogP) is 4.47. The summed E-state index contributed by atoms with van der Waals surface area (Å²) in [6.45, 7) is 6.43. The van der Waals surface area contributed by atoms with Crippen LogP contribution in [0.3, 0.4) is 0 Å². The number of aryl methyl sites for hydroxylation is 1. The van der Waals surface area contributed by atoms with Gasteiger partial charge < -0.3 is 14.5 Å². The Kier molecular flexibility index (Phi) is 7.18. The second-order valence-electron chi connectivity index (χ2n) is 8.52. The van der Waals surface area contributed by atoms with E-state index in [0.717, 1.165) is 27.7 Å². The molecule has 6 heteroatoms. The minimum atomic E-state index is 0.101. The van der Waals surface area contributed by atoms with Crippen LogP contribution in [0.15, 0.2) is 30.3 Å². The van der Waals surface area contributed by atoms with Gasteiger partial charge in [0.1, 0.15) is 4.88 Å². The molecule has 2 aliphatic heterocycles. The number of methoxy groups -OCH3 is 1. The third-order valence-electron chi connectivity index (χ3n) is 6.51. The van der Waals surface area contributed by atoms with E-state index < -0.39 is 0 Å². The molecule has 0 unspecified atom stereocenters. The Balaban J connectivity index is 1.57. The summed E-state index contributed by atoms with van der Waals surface area (Å²) in [4.78, 5) is 23.9. The van der Waals surface area contributed by atoms with Crippen LogP contribution in [-0.2, 0) is 4.74 Å². The van der Waals surface area contributed by atoms with Gasteiger partial charge in [0.2, 0.25) is 0 Å². The van der Waals surface area contributed by atoms with E-state index in [1.807, 2.05) is 42.2 Å². The van der Waals surface area contributed by atoms with Crippen LogP contribution in [0.1, 0.15) is 46.8 Å². The molecule has 2 fully saturated rings. The fraction of sp³-hybridized carbons (Fsp3) is 0.583. The predicted molar refractivity (Wildman–Crippen MR) is 122 cm³/mol. The van der Waals surface area contributed by atoms with Crippen molar-refractivity contribution in [1.82, 2.24) is 14.8 Å². The fourth-order valence-corrected chi connectivity index (χ4v) is 5.97. The average Bonchev–Trinajstić information content (AvgIpc) is 3.18. The molecule has 162 valence electrons. The van der Waals surface area contributed by atoms with Gasteiger partial charge in [-0.1, -0.05) is 36.8 Å². The molecule has 1 amide bonds. The number of thiazole rings is 1. The Bertz CT molecular complexity index is 836. The molecule has 2 saturated heterocycles. The number of rotatable bonds is 7. The molecule has 3 heterocycles. The molecule has 2 atom stereocenters. The zero-order valence-electron chi connectivity index (χ0n) is 18.2. The van der Waals surface area contributed by atoms with Crippen LogP contribution >= 0.6 is 11.3 Å². The Morgan fingerprint density at radius 2 is 2.00 bits per heavy atom. The molecular weight excluding hydrogens is 394 g/mol. The van der Waals surface area contributed by atoms with Crippen molar-refractivity contribution >= 4 is 17.2 Å². The van der Waals surface area contributed by atoms with E-state index >= 15 is 0 Å². The summed E-state index contributed by atoms with van der Waals surface area (Å²) in [6.07, 6.45) is 6.35. The van der Waals surface area contributed by atoms with Crippen LogP contribution < -0.4 is 0 Å². The van der Waals surface area contributed by atoms with E-state index in [1.54, 1.807) is 7.11 Å². The SMILES string of the molecule is COCCN(C[C@@H]1CCCN2CCCC[C@H]12)C(=O)c1sc(C)nc1-c1ccccc1. The fourth-order valence-electron chi connectivity index (χ4n) is 5.06. The number of carbonyl (C=O) groups excluding carboxylic acids is 1. The van der Waals surface area contributed by atoms with Gasteiger partial charge in [0.25, 0.3) is 5.91 Å². The Labute approximate surface area is 184 Å². The lowest BCUT2D eigenvalue weighted by Crippen LogP contribution is -2.52. The number of benzene rings is 1. The number of fused-ring (bicyclic) bond motifs is 1. The summed E-state index contributed by atoms with van der Waals surface area (Å²) in [5.74, 6) is 0.651. The zero-order chi connectivity index (χ0) is 20.9. The molecule has 0 N–H and O–H groups in total. The molecule has 2 aliphatic rings. The lowest BCUT2D eigenvalue weighted by molar-refractivity contribution is 0.0318. The van der Waals surface area contributed by atoms with E-state index in [2.05, 4.69) is 4.90 Å². The van der Waals surface area contributed by atoms with Crippen LogP contribution in [-0.4, -0.2) is 66.6 Å². The smallest absolute Gasteiger partial charge is 0.266 e. The molecule has 1 aromatic heterocycles. The van der Waals surface area contributed by atoms with Crippen molar-refractivity contribution in [2.24, 2.45) is 5.92 Å². The van der Waals surface area contributed by atoms with Crippen molar-refractivity contribution in [3.05, 3.63) is 40.2 Å². The molecule has 30 heavy (non-hydrogen) atoms. The number of ether oxygens (including phenoxy) is 1. The molecule has 0 bridgehead atoms. The molecule has 0 spiro atoms. The largest absolute Gasteiger partial charge is 0.383 e. The molecule has 1 aromatic carbocycles. The van der Waals surface area contributed by atoms with E-state index in [0.29, 0.717) is 25.1 Å². The molecule has 0 saturated carbocycles. The maximum atomic E-state index is 13.7. The van der Waals surface area contributed by atoms with Crippen molar-refractivity contribution in [3.8, 4) is 11.3 Å². The molecule has 2 aromatic rings. The maximum Gasteiger partial charge on any atom is 0.266 e. The third kappa shape index (κ3) is 4.76. The number of piperidine rings is 2. The highest BCUT2D eigenvalue weighted by atomic mass is 32.1. The van der Waals surface area contributed by atoms with E-state index in [9.17, 15) is 4.79 Å². The van der Waals surface area contributed by atoms with Gasteiger partial charge in [-0.3, -0.25) is 4.79 Å². The number of amides is 1. The Morgan fingerprint density at radius 1 is 1.20 bits per heavy atom. The summed E-state index contributed by atoms with van der Waals surface area (Å²) in [5.41, 5.74) is 1.82. The number of nitrogens with zero attached hydrogens (tertiary/aromatic N) is 3. The van der Waals surface area contributed by atoms with Gasteiger partial charge in [-0.15, -0.1) is 11.3 Å². The first-order valence-corrected chi connectivity index (χ1v) is 12.0. The first-order chi connectivity index (χ1) is 14.7. The van der Waals surface area contributed by atoms with Gasteiger partial charge in [0.05, 0.1) is 17.3 Å². The van der Waals surface area contributed by atoms with Crippen LogP contribution in [0.4, 0.5) is 0 Å². The number of carbonyl (C=O) groups is 1. The highest BCUT2D eigenvalue weighted by Gasteiger charge is 2.35. The first kappa shape index (κ1) is 21.5. The normalized spacial score (nSPS) is 21.9. The van der Waals surface area contributed by atoms with Crippen molar-refractivity contribution in [3.63, 3.8) is 0 Å². The zero-order valence-corrected chi connectivity index (χ0v) is 19.0. The summed E-state index contributed by atoms with van der Waals surface area (Å²) in [7, 11) is 1.71. The van der Waals surface area contributed by atoms with Gasteiger partial charge in [0.15, 0.2) is 0 Å². The standard InChI is InChI=1S/C24H33N3O2S/c1-18-25-22(19-9-4-3-5-10-19)23(30-18)24(28)27(15-16-29-2)17-20-11-8-14-26-13-7-6-12-21(20)26/h3-5,9-10,20-21H,6-8,11-17H2,1-2H3/t20-,21+/m0/s1. The highest BCUT2D eigenvalue weighted by Crippen LogP contribution is 2.33. The molecule has 4 rings (SSSR count). The molecule has 5 nitrogen and oxygen atoms in total. The van der Waals surface area contributed by atoms with Gasteiger partial charge in [-0.05, 0) is 51.6 Å². The van der Waals surface area contributed by atoms with Crippen molar-refractivity contribution in [1.29, 1.82) is 0 Å². The minimum Gasteiger partial charge on any atom is -0.383 e. The summed E-state index contributed by atoms with van der Waals surface area (Å²) >= 11 is 1.51. The van der Waals surface area contributed by atoms with Crippen LogP contribution in [0.25, 0.3) is 11.3 Å². The van der Waals surface area contributed by atoms with Gasteiger partial charge in [-0.25, -0.2) is 4.98 Å². The van der Waals surface area contributed by atoms with Gasteiger partial charge in [0, 0.05) is 31.8 Å². The summed E-state index contributed by atoms with van der Waals surface area (Å²) in [5, 5.41) is 0.931. The second kappa shape index (κ2) is 10.0. The lowest BCUT2D eigenvalue weighted by atomic mass is 9.83. The number of hydrogen-bond acceptors (Lipinski definition) is 5. The maximum absolute atomic E-state index is 13.7. The number of aromatic nitrogens is 1. The van der Waals surface area contributed by atoms with Gasteiger partial charge >= 0.3 is 0 Å². The average molecular weight is 428 g/mol. The summed E-state index contributed by atoms with van der Waals surface area (Å²) < 4.78 is 5.36. The van der Waals surface area contributed by atoms with E-state index in [-0.39, 0.29) is 5.91 Å². The van der Waals surface area contributed by atoms with E-state index in [1.165, 1.54) is 56.5 Å². The highest BCUT2D eigenvalue weighted by molar-refractivity contribution is 7.14. The quantitative estimate of drug-likeness (QED) is 0.654. The van der Waals surface area contributed by atoms with Crippen LogP contribution in [0.5, 0.6) is 0 Å². The van der Waals surface area contributed by atoms with Crippen molar-refractivity contribution < 1.29 is 9.53 Å². The topological polar surface area (TPSA) is 45.7 Å². The second-order valence-corrected chi connectivity index (χ2v) is 9.73. The molecule has 0 aliphatic carbocycles. The Hall–Kier alpha value is -1.76. The van der Waals surface area contributed by atoms with Gasteiger partial charge in [-0.2, -0.15) is 0 Å². The first-order valence-electron chi connectivity index (χ1n) is 11.2. The van der Waals surface area contributed by atoms with E-state index in [4.69, 9.17) is 9.72 Å². The summed E-state index contributed by atoms with van der Waals surface area (Å²) in [6, 6.07) is 10.7. The van der Waals surface area contributed by atoms with Crippen LogP contribution in [0, 0.1) is 12.8 Å². The lowest BCUT2D eigenvalue weighted by Gasteiger charge is -2.45. The third-order valence-corrected chi connectivity index (χ3v) is 7.47. The Morgan fingerprint density at radius 3 is 2.80 bits per heavy atom. The van der Waals surface area contributed by atoms with Crippen molar-refractivity contribution in [2.75, 3.05) is 39.9 Å². The molecule has 0 radical (unpaired) electrons.